The molecule has 1 aromatic heterocycles. The molecule has 0 aliphatic carbocycles. The van der Waals surface area contributed by atoms with Crippen LogP contribution >= 0.6 is 0 Å². The van der Waals surface area contributed by atoms with Crippen LogP contribution in [-0.2, 0) is 0 Å². The molecule has 0 spiro atoms. The predicted molar refractivity (Wildman–Crippen MR) is 95.4 cm³/mol. The van der Waals surface area contributed by atoms with Gasteiger partial charge in [0.05, 0.1) is 30.7 Å². The third-order valence-corrected chi connectivity index (χ3v) is 3.71. The van der Waals surface area contributed by atoms with Gasteiger partial charge in [0.15, 0.2) is 17.3 Å². The summed E-state index contributed by atoms with van der Waals surface area (Å²) in [7, 11) is 3.09. The predicted octanol–water partition coefficient (Wildman–Crippen LogP) is 3.00. The maximum absolute atomic E-state index is 12.2. The van der Waals surface area contributed by atoms with Crippen molar-refractivity contribution in [2.45, 2.75) is 0 Å². The van der Waals surface area contributed by atoms with Gasteiger partial charge in [0.1, 0.15) is 6.07 Å². The van der Waals surface area contributed by atoms with Crippen molar-refractivity contribution in [1.82, 2.24) is 9.97 Å². The second kappa shape index (κ2) is 6.89. The van der Waals surface area contributed by atoms with E-state index in [1.807, 2.05) is 0 Å². The van der Waals surface area contributed by atoms with Gasteiger partial charge in [-0.05, 0) is 35.9 Å². The molecule has 0 unspecified atom stereocenters. The number of para-hydroxylation sites is 1. The zero-order valence-corrected chi connectivity index (χ0v) is 13.7. The molecule has 0 fully saturated rings. The topological polar surface area (TPSA) is 88.0 Å². The van der Waals surface area contributed by atoms with Crippen molar-refractivity contribution in [2.24, 2.45) is 0 Å². The number of nitrogens with one attached hydrogen (secondary N) is 1. The van der Waals surface area contributed by atoms with E-state index in [1.54, 1.807) is 62.8 Å². The number of H-pyrrole nitrogens is 1. The van der Waals surface area contributed by atoms with Crippen LogP contribution in [0.3, 0.4) is 0 Å². The summed E-state index contributed by atoms with van der Waals surface area (Å²) in [5, 5.41) is 9.98. The highest BCUT2D eigenvalue weighted by Crippen LogP contribution is 2.29. The molecule has 0 radical (unpaired) electrons. The first kappa shape index (κ1) is 16.3. The molecule has 1 N–H and O–H groups in total. The van der Waals surface area contributed by atoms with Crippen LogP contribution < -0.4 is 15.0 Å². The largest absolute Gasteiger partial charge is 0.493 e. The van der Waals surface area contributed by atoms with Gasteiger partial charge in [-0.15, -0.1) is 0 Å². The Hall–Kier alpha value is -3.59. The molecule has 1 heterocycles. The Morgan fingerprint density at radius 2 is 1.92 bits per heavy atom. The summed E-state index contributed by atoms with van der Waals surface area (Å²) in [5.74, 6) is 1.37. The fourth-order valence-corrected chi connectivity index (χ4v) is 2.48. The molecule has 0 bridgehead atoms. The van der Waals surface area contributed by atoms with E-state index < -0.39 is 0 Å². The first-order valence-electron chi connectivity index (χ1n) is 7.49. The zero-order valence-electron chi connectivity index (χ0n) is 13.7. The van der Waals surface area contributed by atoms with Crippen molar-refractivity contribution in [3.05, 3.63) is 64.2 Å². The minimum absolute atomic E-state index is 0.223. The summed E-state index contributed by atoms with van der Waals surface area (Å²) in [6.07, 6.45) is 1.63. The lowest BCUT2D eigenvalue weighted by molar-refractivity contribution is 0.355. The Morgan fingerprint density at radius 1 is 1.16 bits per heavy atom. The number of aromatic amines is 1. The second-order valence-electron chi connectivity index (χ2n) is 5.22. The van der Waals surface area contributed by atoms with Gasteiger partial charge in [-0.1, -0.05) is 18.2 Å². The normalized spacial score (nSPS) is 11.2. The van der Waals surface area contributed by atoms with Gasteiger partial charge < -0.3 is 14.5 Å². The van der Waals surface area contributed by atoms with Crippen LogP contribution in [0.5, 0.6) is 11.5 Å². The fraction of sp³-hybridized carbons (Fsp3) is 0.105. The lowest BCUT2D eigenvalue weighted by Crippen LogP contribution is -2.11. The van der Waals surface area contributed by atoms with Crippen molar-refractivity contribution < 1.29 is 9.47 Å². The Labute approximate surface area is 144 Å². The number of hydrogen-bond acceptors (Lipinski definition) is 5. The quantitative estimate of drug-likeness (QED) is 0.742. The van der Waals surface area contributed by atoms with Crippen LogP contribution in [0.2, 0.25) is 0 Å². The van der Waals surface area contributed by atoms with Gasteiger partial charge in [0.2, 0.25) is 0 Å². The van der Waals surface area contributed by atoms with E-state index in [0.29, 0.717) is 22.4 Å². The van der Waals surface area contributed by atoms with Crippen LogP contribution in [0.15, 0.2) is 47.3 Å². The van der Waals surface area contributed by atoms with E-state index >= 15 is 0 Å². The molecular formula is C19H15N3O3. The van der Waals surface area contributed by atoms with E-state index in [4.69, 9.17) is 9.47 Å². The standard InChI is InChI=1S/C19H15N3O3/c1-24-16-8-7-12(10-17(16)25-2)9-13(11-20)18-21-15-6-4-3-5-14(15)19(23)22-18/h3-10H,1-2H3,(H,21,22,23)/b13-9-. The maximum Gasteiger partial charge on any atom is 0.259 e. The van der Waals surface area contributed by atoms with Gasteiger partial charge >= 0.3 is 0 Å². The summed E-state index contributed by atoms with van der Waals surface area (Å²) in [6.45, 7) is 0. The Morgan fingerprint density at radius 3 is 2.64 bits per heavy atom. The Balaban J connectivity index is 2.10. The van der Waals surface area contributed by atoms with Crippen LogP contribution in [-0.4, -0.2) is 24.2 Å². The average Bonchev–Trinajstić information content (AvgIpc) is 2.65. The molecule has 0 aliphatic rings. The van der Waals surface area contributed by atoms with Crippen LogP contribution in [0.4, 0.5) is 0 Å². The van der Waals surface area contributed by atoms with E-state index in [0.717, 1.165) is 5.56 Å². The van der Waals surface area contributed by atoms with Crippen molar-refractivity contribution >= 4 is 22.6 Å². The van der Waals surface area contributed by atoms with E-state index in [9.17, 15) is 10.1 Å². The van der Waals surface area contributed by atoms with E-state index in [-0.39, 0.29) is 17.0 Å². The van der Waals surface area contributed by atoms with Gasteiger partial charge in [-0.2, -0.15) is 5.26 Å². The zero-order chi connectivity index (χ0) is 17.8. The first-order chi connectivity index (χ1) is 12.2. The highest BCUT2D eigenvalue weighted by atomic mass is 16.5. The maximum atomic E-state index is 12.2. The van der Waals surface area contributed by atoms with Crippen molar-refractivity contribution in [3.63, 3.8) is 0 Å². The van der Waals surface area contributed by atoms with Gasteiger partial charge in [0, 0.05) is 0 Å². The summed E-state index contributed by atoms with van der Waals surface area (Å²) in [4.78, 5) is 19.2. The highest BCUT2D eigenvalue weighted by molar-refractivity contribution is 5.89. The smallest absolute Gasteiger partial charge is 0.259 e. The van der Waals surface area contributed by atoms with Crippen LogP contribution in [0.25, 0.3) is 22.6 Å². The number of nitrogens with zero attached hydrogens (tertiary/aromatic N) is 2. The Kier molecular flexibility index (Phi) is 4.48. The molecule has 0 saturated heterocycles. The third-order valence-electron chi connectivity index (χ3n) is 3.71. The minimum Gasteiger partial charge on any atom is -0.493 e. The number of fused-ring (bicyclic) bond motifs is 1. The van der Waals surface area contributed by atoms with E-state index in [2.05, 4.69) is 16.0 Å². The molecule has 6 nitrogen and oxygen atoms in total. The molecule has 2 aromatic carbocycles. The number of rotatable bonds is 4. The van der Waals surface area contributed by atoms with Crippen molar-refractivity contribution in [3.8, 4) is 17.6 Å². The molecule has 3 aromatic rings. The third kappa shape index (κ3) is 3.21. The molecular weight excluding hydrogens is 318 g/mol. The Bertz CT molecular complexity index is 1060. The number of methoxy groups -OCH3 is 2. The number of aromatic nitrogens is 2. The summed E-state index contributed by atoms with van der Waals surface area (Å²) < 4.78 is 10.5. The SMILES string of the molecule is COc1ccc(/C=C(/C#N)c2nc3ccccc3c(=O)[nH]2)cc1OC. The summed E-state index contributed by atoms with van der Waals surface area (Å²) in [6, 6.07) is 14.3. The van der Waals surface area contributed by atoms with Gasteiger partial charge in [0.25, 0.3) is 5.56 Å². The number of nitriles is 1. The molecule has 3 rings (SSSR count). The first-order valence-corrected chi connectivity index (χ1v) is 7.49. The van der Waals surface area contributed by atoms with Crippen molar-refractivity contribution in [1.29, 1.82) is 5.26 Å². The molecule has 25 heavy (non-hydrogen) atoms. The number of ether oxygens (including phenoxy) is 2. The number of benzene rings is 2. The second-order valence-corrected chi connectivity index (χ2v) is 5.22. The molecule has 0 amide bonds. The summed E-state index contributed by atoms with van der Waals surface area (Å²) in [5.41, 5.74) is 1.23. The lowest BCUT2D eigenvalue weighted by Gasteiger charge is -2.08. The number of hydrogen-bond donors (Lipinski definition) is 1. The highest BCUT2D eigenvalue weighted by Gasteiger charge is 2.09. The lowest BCUT2D eigenvalue weighted by atomic mass is 10.1. The molecule has 6 heteroatoms. The van der Waals surface area contributed by atoms with E-state index in [1.165, 1.54) is 0 Å². The fourth-order valence-electron chi connectivity index (χ4n) is 2.48. The molecule has 0 aliphatic heterocycles. The van der Waals surface area contributed by atoms with Crippen LogP contribution in [0, 0.1) is 11.3 Å². The molecule has 0 atom stereocenters. The molecule has 0 saturated carbocycles. The summed E-state index contributed by atoms with van der Waals surface area (Å²) >= 11 is 0. The average molecular weight is 333 g/mol. The monoisotopic (exact) mass is 333 g/mol. The number of allylic oxidation sites excluding steroid dienone is 1. The minimum atomic E-state index is -0.283. The van der Waals surface area contributed by atoms with Crippen LogP contribution in [0.1, 0.15) is 11.4 Å². The molecule has 124 valence electrons. The van der Waals surface area contributed by atoms with Gasteiger partial charge in [-0.25, -0.2) is 4.98 Å². The van der Waals surface area contributed by atoms with Gasteiger partial charge in [-0.3, -0.25) is 4.79 Å². The van der Waals surface area contributed by atoms with Crippen molar-refractivity contribution in [2.75, 3.05) is 14.2 Å².